The van der Waals surface area contributed by atoms with E-state index < -0.39 is 40.7 Å². The van der Waals surface area contributed by atoms with E-state index >= 15 is 0 Å². The van der Waals surface area contributed by atoms with Crippen LogP contribution in [-0.2, 0) is 18.1 Å². The predicted octanol–water partition coefficient (Wildman–Crippen LogP) is 1.98. The van der Waals surface area contributed by atoms with Gasteiger partial charge in [0, 0.05) is 20.2 Å². The van der Waals surface area contributed by atoms with Gasteiger partial charge in [-0.3, -0.25) is 14.2 Å². The van der Waals surface area contributed by atoms with Crippen molar-refractivity contribution in [3.05, 3.63) is 56.1 Å². The number of carbonyl (C=O) groups excluding carboxylic acids is 1. The molecule has 13 heteroatoms. The number of rotatable bonds is 4. The minimum Gasteiger partial charge on any atom is -0.305 e. The fraction of sp³-hybridized carbons (Fsp3) is 0.294. The second-order valence-electron chi connectivity index (χ2n) is 5.85. The number of hydrogen-bond acceptors (Lipinski definition) is 5. The Balaban J connectivity index is 2.69. The number of anilines is 1. The molecule has 2 aromatic rings. The minimum atomic E-state index is -4.99. The largest absolute Gasteiger partial charge is 0.431 e. The van der Waals surface area contributed by atoms with E-state index in [9.17, 15) is 31.9 Å². The Bertz CT molecular complexity index is 1150. The van der Waals surface area contributed by atoms with Crippen molar-refractivity contribution in [3.8, 4) is 11.8 Å². The number of alkyl halides is 3. The molecular weight excluding hydrogens is 414 g/mol. The van der Waals surface area contributed by atoms with Gasteiger partial charge in [-0.05, 0) is 19.1 Å². The van der Waals surface area contributed by atoms with Crippen LogP contribution in [0.5, 0.6) is 0 Å². The summed E-state index contributed by atoms with van der Waals surface area (Å²) in [6.45, 7) is 1.74. The van der Waals surface area contributed by atoms with Gasteiger partial charge in [0.15, 0.2) is 0 Å². The zero-order valence-corrected chi connectivity index (χ0v) is 15.9. The highest BCUT2D eigenvalue weighted by Gasteiger charge is 2.35. The van der Waals surface area contributed by atoms with Gasteiger partial charge in [-0.15, -0.1) is 0 Å². The monoisotopic (exact) mass is 429 g/mol. The molecule has 0 bridgehead atoms. The first-order chi connectivity index (χ1) is 13.9. The number of hydroxylamine groups is 2. The number of amides is 2. The molecule has 9 nitrogen and oxygen atoms in total. The Morgan fingerprint density at radius 2 is 1.93 bits per heavy atom. The molecule has 1 heterocycles. The molecule has 0 radical (unpaired) electrons. The molecule has 2 amide bonds. The molecule has 0 spiro atoms. The van der Waals surface area contributed by atoms with Crippen molar-refractivity contribution >= 4 is 11.7 Å². The predicted molar refractivity (Wildman–Crippen MR) is 95.4 cm³/mol. The highest BCUT2D eigenvalue weighted by Crippen LogP contribution is 2.27. The van der Waals surface area contributed by atoms with Gasteiger partial charge in [-0.1, -0.05) is 0 Å². The van der Waals surface area contributed by atoms with Crippen LogP contribution in [0.1, 0.15) is 18.2 Å². The van der Waals surface area contributed by atoms with Gasteiger partial charge in [0.25, 0.3) is 5.56 Å². The molecule has 30 heavy (non-hydrogen) atoms. The lowest BCUT2D eigenvalue weighted by Gasteiger charge is -2.18. The average molecular weight is 429 g/mol. The van der Waals surface area contributed by atoms with E-state index in [1.165, 1.54) is 7.05 Å². The first kappa shape index (κ1) is 22.6. The van der Waals surface area contributed by atoms with E-state index in [1.807, 2.05) is 0 Å². The van der Waals surface area contributed by atoms with Crippen LogP contribution < -0.4 is 16.6 Å². The molecule has 0 fully saturated rings. The number of nitriles is 1. The van der Waals surface area contributed by atoms with Gasteiger partial charge >= 0.3 is 17.9 Å². The minimum absolute atomic E-state index is 0.139. The number of nitrogens with one attached hydrogen (secondary N) is 1. The standard InChI is InChI=1S/C17H15F4N5O4/c1-4-30-25(3)15(28)23-11-6-12(10(18)5-9(11)8-22)26-14(27)7-13(17(19,20)21)24(2)16(26)29/h5-7H,4H2,1-3H3,(H,23,28). The summed E-state index contributed by atoms with van der Waals surface area (Å²) in [7, 11) is 2.02. The highest BCUT2D eigenvalue weighted by molar-refractivity contribution is 5.90. The van der Waals surface area contributed by atoms with Crippen LogP contribution in [0.4, 0.5) is 28.0 Å². The van der Waals surface area contributed by atoms with Gasteiger partial charge in [-0.2, -0.15) is 18.4 Å². The van der Waals surface area contributed by atoms with Crippen molar-refractivity contribution in [1.29, 1.82) is 5.26 Å². The van der Waals surface area contributed by atoms with Crippen LogP contribution in [-0.4, -0.2) is 33.9 Å². The first-order valence-electron chi connectivity index (χ1n) is 8.24. The van der Waals surface area contributed by atoms with Crippen LogP contribution >= 0.6 is 0 Å². The highest BCUT2D eigenvalue weighted by atomic mass is 19.4. The number of halogens is 4. The summed E-state index contributed by atoms with van der Waals surface area (Å²) in [5.41, 5.74) is -5.83. The maximum absolute atomic E-state index is 14.5. The second kappa shape index (κ2) is 8.37. The van der Waals surface area contributed by atoms with E-state index in [2.05, 4.69) is 5.32 Å². The van der Waals surface area contributed by atoms with E-state index in [0.29, 0.717) is 6.07 Å². The molecule has 0 saturated carbocycles. The lowest BCUT2D eigenvalue weighted by Crippen LogP contribution is -2.41. The lowest BCUT2D eigenvalue weighted by molar-refractivity contribution is -0.144. The number of carbonyl (C=O) groups is 1. The van der Waals surface area contributed by atoms with Gasteiger partial charge < -0.3 is 5.32 Å². The van der Waals surface area contributed by atoms with Crippen molar-refractivity contribution < 1.29 is 27.2 Å². The average Bonchev–Trinajstić information content (AvgIpc) is 2.65. The quantitative estimate of drug-likeness (QED) is 0.591. The molecule has 0 aliphatic rings. The Kier molecular flexibility index (Phi) is 6.32. The van der Waals surface area contributed by atoms with Crippen molar-refractivity contribution in [2.75, 3.05) is 19.0 Å². The van der Waals surface area contributed by atoms with Gasteiger partial charge in [0.1, 0.15) is 17.6 Å². The number of nitrogens with zero attached hydrogens (tertiary/aromatic N) is 4. The number of hydrogen-bond donors (Lipinski definition) is 1. The molecule has 2 rings (SSSR count). The van der Waals surface area contributed by atoms with E-state index in [1.54, 1.807) is 13.0 Å². The summed E-state index contributed by atoms with van der Waals surface area (Å²) in [4.78, 5) is 41.6. The van der Waals surface area contributed by atoms with Crippen molar-refractivity contribution in [2.45, 2.75) is 13.1 Å². The van der Waals surface area contributed by atoms with Crippen LogP contribution in [0.3, 0.4) is 0 Å². The second-order valence-corrected chi connectivity index (χ2v) is 5.85. The molecule has 160 valence electrons. The fourth-order valence-corrected chi connectivity index (χ4v) is 2.49. The van der Waals surface area contributed by atoms with Crippen molar-refractivity contribution in [1.82, 2.24) is 14.2 Å². The number of benzene rings is 1. The molecule has 1 aromatic heterocycles. The summed E-state index contributed by atoms with van der Waals surface area (Å²) in [6.07, 6.45) is -4.99. The molecule has 0 unspecified atom stereocenters. The maximum Gasteiger partial charge on any atom is 0.431 e. The molecule has 0 aliphatic heterocycles. The van der Waals surface area contributed by atoms with E-state index in [4.69, 9.17) is 10.1 Å². The molecule has 1 N–H and O–H groups in total. The van der Waals surface area contributed by atoms with Crippen LogP contribution in [0.2, 0.25) is 0 Å². The van der Waals surface area contributed by atoms with Crippen molar-refractivity contribution in [2.24, 2.45) is 7.05 Å². The van der Waals surface area contributed by atoms with E-state index in [-0.39, 0.29) is 33.1 Å². The summed E-state index contributed by atoms with van der Waals surface area (Å²) in [5, 5.41) is 12.2. The Hall–Kier alpha value is -3.66. The van der Waals surface area contributed by atoms with Crippen LogP contribution in [0, 0.1) is 17.1 Å². The van der Waals surface area contributed by atoms with Gasteiger partial charge in [-0.25, -0.2) is 23.6 Å². The topological polar surface area (TPSA) is 109 Å². The molecule has 0 saturated heterocycles. The van der Waals surface area contributed by atoms with Crippen LogP contribution in [0.15, 0.2) is 27.8 Å². The van der Waals surface area contributed by atoms with Crippen LogP contribution in [0.25, 0.3) is 5.69 Å². The number of aromatic nitrogens is 2. The zero-order chi connectivity index (χ0) is 22.8. The third kappa shape index (κ3) is 4.33. The maximum atomic E-state index is 14.5. The Morgan fingerprint density at radius 3 is 2.47 bits per heavy atom. The van der Waals surface area contributed by atoms with Crippen molar-refractivity contribution in [3.63, 3.8) is 0 Å². The fourth-order valence-electron chi connectivity index (χ4n) is 2.49. The smallest absolute Gasteiger partial charge is 0.305 e. The Labute approximate surface area is 166 Å². The number of urea groups is 1. The summed E-state index contributed by atoms with van der Waals surface area (Å²) in [5.74, 6) is -1.23. The lowest BCUT2D eigenvalue weighted by atomic mass is 10.1. The molecular formula is C17H15F4N5O4. The molecule has 0 atom stereocenters. The zero-order valence-electron chi connectivity index (χ0n) is 15.9. The van der Waals surface area contributed by atoms with Gasteiger partial charge in [0.2, 0.25) is 0 Å². The molecule has 0 aliphatic carbocycles. The molecule has 1 aromatic carbocycles. The summed E-state index contributed by atoms with van der Waals surface area (Å²) >= 11 is 0. The first-order valence-corrected chi connectivity index (χ1v) is 8.24. The summed E-state index contributed by atoms with van der Waals surface area (Å²) < 4.78 is 53.8. The third-order valence-corrected chi connectivity index (χ3v) is 3.91. The SMILES string of the molecule is CCON(C)C(=O)Nc1cc(-n2c(=O)cc(C(F)(F)F)n(C)c2=O)c(F)cc1C#N. The third-order valence-electron chi connectivity index (χ3n) is 3.91. The van der Waals surface area contributed by atoms with E-state index in [0.717, 1.165) is 18.2 Å². The normalized spacial score (nSPS) is 11.1. The Morgan fingerprint density at radius 1 is 1.30 bits per heavy atom. The summed E-state index contributed by atoms with van der Waals surface area (Å²) in [6, 6.07) is 2.33. The van der Waals surface area contributed by atoms with Gasteiger partial charge in [0.05, 0.1) is 23.5 Å².